The van der Waals surface area contributed by atoms with E-state index in [4.69, 9.17) is 4.74 Å². The predicted octanol–water partition coefficient (Wildman–Crippen LogP) is 4.32. The normalized spacial score (nSPS) is 12.7. The Bertz CT molecular complexity index is 858. The molecule has 1 N–H and O–H groups in total. The third-order valence-electron chi connectivity index (χ3n) is 5.16. The van der Waals surface area contributed by atoms with E-state index in [0.29, 0.717) is 12.3 Å². The van der Waals surface area contributed by atoms with Gasteiger partial charge >= 0.3 is 0 Å². The highest BCUT2D eigenvalue weighted by atomic mass is 16.5. The highest BCUT2D eigenvalue weighted by Crippen LogP contribution is 2.17. The molecule has 0 aliphatic heterocycles. The molecule has 0 saturated carbocycles. The van der Waals surface area contributed by atoms with Gasteiger partial charge in [-0.15, -0.1) is 0 Å². The average Bonchev–Trinajstić information content (AvgIpc) is 2.69. The van der Waals surface area contributed by atoms with E-state index in [9.17, 15) is 9.59 Å². The maximum Gasteiger partial charge on any atom is 0.261 e. The molecule has 0 bridgehead atoms. The van der Waals surface area contributed by atoms with Crippen LogP contribution in [0, 0.1) is 20.8 Å². The van der Waals surface area contributed by atoms with Crippen LogP contribution in [0.4, 0.5) is 0 Å². The molecule has 0 aliphatic rings. The summed E-state index contributed by atoms with van der Waals surface area (Å²) in [5.41, 5.74) is 4.26. The predicted molar refractivity (Wildman–Crippen MR) is 120 cm³/mol. The van der Waals surface area contributed by atoms with Crippen molar-refractivity contribution in [2.24, 2.45) is 0 Å². The first-order valence-electron chi connectivity index (χ1n) is 10.6. The zero-order chi connectivity index (χ0) is 22.3. The van der Waals surface area contributed by atoms with Crippen LogP contribution >= 0.6 is 0 Å². The van der Waals surface area contributed by atoms with Gasteiger partial charge in [0, 0.05) is 12.6 Å². The minimum atomic E-state index is -0.602. The molecule has 0 aromatic heterocycles. The molecule has 0 heterocycles. The Balaban J connectivity index is 2.17. The number of amides is 2. The standard InChI is InChI=1S/C25H34N2O3/c1-7-20(5)26-25(29)21(6)27(15-22-10-8-9-17(2)12-22)24(28)16-30-23-13-18(3)11-19(4)14-23/h8-14,20-21H,7,15-16H2,1-6H3,(H,26,29)/t20-,21-/m1/s1. The van der Waals surface area contributed by atoms with E-state index in [-0.39, 0.29) is 24.5 Å². The summed E-state index contributed by atoms with van der Waals surface area (Å²) in [4.78, 5) is 27.4. The monoisotopic (exact) mass is 410 g/mol. The fourth-order valence-electron chi connectivity index (χ4n) is 3.30. The molecular formula is C25H34N2O3. The molecule has 0 fully saturated rings. The lowest BCUT2D eigenvalue weighted by Crippen LogP contribution is -2.50. The van der Waals surface area contributed by atoms with E-state index in [1.807, 2.05) is 71.0 Å². The number of nitrogens with zero attached hydrogens (tertiary/aromatic N) is 1. The largest absolute Gasteiger partial charge is 0.484 e. The number of rotatable bonds is 9. The first kappa shape index (κ1) is 23.5. The quantitative estimate of drug-likeness (QED) is 0.670. The summed E-state index contributed by atoms with van der Waals surface area (Å²) >= 11 is 0. The highest BCUT2D eigenvalue weighted by molar-refractivity contribution is 5.88. The smallest absolute Gasteiger partial charge is 0.261 e. The van der Waals surface area contributed by atoms with Crippen LogP contribution in [0.2, 0.25) is 0 Å². The van der Waals surface area contributed by atoms with Gasteiger partial charge in [-0.05, 0) is 69.9 Å². The molecular weight excluding hydrogens is 376 g/mol. The van der Waals surface area contributed by atoms with Gasteiger partial charge in [0.15, 0.2) is 6.61 Å². The van der Waals surface area contributed by atoms with Crippen LogP contribution in [0.5, 0.6) is 5.75 Å². The third-order valence-corrected chi connectivity index (χ3v) is 5.16. The van der Waals surface area contributed by atoms with Crippen LogP contribution in [-0.4, -0.2) is 35.4 Å². The van der Waals surface area contributed by atoms with Gasteiger partial charge in [-0.2, -0.15) is 0 Å². The van der Waals surface area contributed by atoms with Crippen molar-refractivity contribution < 1.29 is 14.3 Å². The van der Waals surface area contributed by atoms with Gasteiger partial charge in [0.1, 0.15) is 11.8 Å². The molecule has 0 radical (unpaired) electrons. The minimum absolute atomic E-state index is 0.0578. The fourth-order valence-corrected chi connectivity index (χ4v) is 3.30. The number of aryl methyl sites for hydroxylation is 3. The van der Waals surface area contributed by atoms with E-state index >= 15 is 0 Å². The summed E-state index contributed by atoms with van der Waals surface area (Å²) in [6.07, 6.45) is 0.833. The molecule has 2 aromatic carbocycles. The number of nitrogens with one attached hydrogen (secondary N) is 1. The maximum absolute atomic E-state index is 13.1. The van der Waals surface area contributed by atoms with Crippen molar-refractivity contribution in [2.45, 2.75) is 66.6 Å². The first-order valence-corrected chi connectivity index (χ1v) is 10.6. The van der Waals surface area contributed by atoms with Gasteiger partial charge in [-0.3, -0.25) is 9.59 Å². The van der Waals surface area contributed by atoms with E-state index in [1.54, 1.807) is 11.8 Å². The van der Waals surface area contributed by atoms with Crippen LogP contribution in [-0.2, 0) is 16.1 Å². The van der Waals surface area contributed by atoms with Gasteiger partial charge in [-0.25, -0.2) is 0 Å². The number of hydrogen-bond donors (Lipinski definition) is 1. The van der Waals surface area contributed by atoms with Crippen molar-refractivity contribution in [2.75, 3.05) is 6.61 Å². The van der Waals surface area contributed by atoms with Crippen LogP contribution < -0.4 is 10.1 Å². The Hall–Kier alpha value is -2.82. The maximum atomic E-state index is 13.1. The molecule has 2 amide bonds. The van der Waals surface area contributed by atoms with E-state index in [0.717, 1.165) is 28.7 Å². The van der Waals surface area contributed by atoms with Gasteiger partial charge in [0.05, 0.1) is 0 Å². The summed E-state index contributed by atoms with van der Waals surface area (Å²) < 4.78 is 5.78. The zero-order valence-corrected chi connectivity index (χ0v) is 19.0. The molecule has 0 spiro atoms. The van der Waals surface area contributed by atoms with E-state index in [2.05, 4.69) is 11.4 Å². The number of carbonyl (C=O) groups excluding carboxylic acids is 2. The number of ether oxygens (including phenoxy) is 1. The molecule has 2 aromatic rings. The summed E-state index contributed by atoms with van der Waals surface area (Å²) in [6, 6.07) is 13.3. The van der Waals surface area contributed by atoms with Crippen molar-refractivity contribution in [3.63, 3.8) is 0 Å². The van der Waals surface area contributed by atoms with Gasteiger partial charge < -0.3 is 15.0 Å². The average molecular weight is 411 g/mol. The van der Waals surface area contributed by atoms with Crippen molar-refractivity contribution in [3.05, 3.63) is 64.7 Å². The Labute approximate surface area is 180 Å². The third kappa shape index (κ3) is 6.90. The minimum Gasteiger partial charge on any atom is -0.484 e. The van der Waals surface area contributed by atoms with Crippen molar-refractivity contribution in [1.82, 2.24) is 10.2 Å². The van der Waals surface area contributed by atoms with Gasteiger partial charge in [0.25, 0.3) is 5.91 Å². The highest BCUT2D eigenvalue weighted by Gasteiger charge is 2.27. The van der Waals surface area contributed by atoms with E-state index in [1.165, 1.54) is 0 Å². The molecule has 5 heteroatoms. The molecule has 5 nitrogen and oxygen atoms in total. The summed E-state index contributed by atoms with van der Waals surface area (Å²) in [5.74, 6) is 0.285. The fraction of sp³-hybridized carbons (Fsp3) is 0.440. The first-order chi connectivity index (χ1) is 14.2. The lowest BCUT2D eigenvalue weighted by Gasteiger charge is -2.29. The van der Waals surface area contributed by atoms with E-state index < -0.39 is 6.04 Å². The molecule has 0 saturated heterocycles. The molecule has 0 aliphatic carbocycles. The lowest BCUT2D eigenvalue weighted by atomic mass is 10.1. The van der Waals surface area contributed by atoms with Gasteiger partial charge in [0.2, 0.25) is 5.91 Å². The molecule has 162 valence electrons. The second-order valence-corrected chi connectivity index (χ2v) is 8.12. The Kier molecular flexibility index (Phi) is 8.46. The van der Waals surface area contributed by atoms with Crippen LogP contribution in [0.25, 0.3) is 0 Å². The second kappa shape index (κ2) is 10.8. The van der Waals surface area contributed by atoms with Crippen molar-refractivity contribution in [3.8, 4) is 5.75 Å². The van der Waals surface area contributed by atoms with Crippen LogP contribution in [0.1, 0.15) is 49.4 Å². The summed E-state index contributed by atoms with van der Waals surface area (Å²) in [7, 11) is 0. The molecule has 2 atom stereocenters. The SMILES string of the molecule is CC[C@@H](C)NC(=O)[C@@H](C)N(Cc1cccc(C)c1)C(=O)COc1cc(C)cc(C)c1. The summed E-state index contributed by atoms with van der Waals surface area (Å²) in [5, 5.41) is 2.98. The lowest BCUT2D eigenvalue weighted by molar-refractivity contribution is -0.142. The Morgan fingerprint density at radius 2 is 1.67 bits per heavy atom. The zero-order valence-electron chi connectivity index (χ0n) is 19.0. The van der Waals surface area contributed by atoms with Crippen molar-refractivity contribution >= 4 is 11.8 Å². The molecule has 30 heavy (non-hydrogen) atoms. The molecule has 0 unspecified atom stereocenters. The second-order valence-electron chi connectivity index (χ2n) is 8.12. The van der Waals surface area contributed by atoms with Crippen LogP contribution in [0.15, 0.2) is 42.5 Å². The number of hydrogen-bond acceptors (Lipinski definition) is 3. The number of benzene rings is 2. The van der Waals surface area contributed by atoms with Gasteiger partial charge in [-0.1, -0.05) is 42.8 Å². The summed E-state index contributed by atoms with van der Waals surface area (Å²) in [6.45, 7) is 12.0. The van der Waals surface area contributed by atoms with Crippen molar-refractivity contribution in [1.29, 1.82) is 0 Å². The number of carbonyl (C=O) groups is 2. The Morgan fingerprint density at radius 1 is 1.00 bits per heavy atom. The Morgan fingerprint density at radius 3 is 2.27 bits per heavy atom. The molecule has 2 rings (SSSR count). The van der Waals surface area contributed by atoms with Crippen LogP contribution in [0.3, 0.4) is 0 Å². The topological polar surface area (TPSA) is 58.6 Å².